The lowest BCUT2D eigenvalue weighted by Gasteiger charge is -2.14. The van der Waals surface area contributed by atoms with Gasteiger partial charge in [-0.2, -0.15) is 5.10 Å². The molecule has 0 amide bonds. The molecule has 0 saturated heterocycles. The van der Waals surface area contributed by atoms with Crippen molar-refractivity contribution in [1.82, 2.24) is 19.7 Å². The maximum absolute atomic E-state index is 13.2. The number of aromatic nitrogens is 4. The van der Waals surface area contributed by atoms with Gasteiger partial charge in [-0.05, 0) is 49.7 Å². The van der Waals surface area contributed by atoms with E-state index in [1.807, 2.05) is 12.1 Å². The largest absolute Gasteiger partial charge is 0.469 e. The van der Waals surface area contributed by atoms with E-state index in [-0.39, 0.29) is 11.9 Å². The zero-order chi connectivity index (χ0) is 17.9. The average Bonchev–Trinajstić information content (AvgIpc) is 3.31. The lowest BCUT2D eigenvalue weighted by Crippen LogP contribution is -2.17. The molecule has 0 saturated carbocycles. The molecule has 6 nitrogen and oxygen atoms in total. The molecule has 0 fully saturated rings. The number of hydrogen-bond acceptors (Lipinski definition) is 5. The predicted octanol–water partition coefficient (Wildman–Crippen LogP) is 3.98. The maximum atomic E-state index is 13.2. The number of benzene rings is 1. The van der Waals surface area contributed by atoms with E-state index in [2.05, 4.69) is 27.3 Å². The average molecular weight is 351 g/mol. The third kappa shape index (κ3) is 3.28. The van der Waals surface area contributed by atoms with Crippen molar-refractivity contribution in [2.75, 3.05) is 5.32 Å². The van der Waals surface area contributed by atoms with Gasteiger partial charge in [-0.3, -0.25) is 0 Å². The molecule has 26 heavy (non-hydrogen) atoms. The van der Waals surface area contributed by atoms with Crippen LogP contribution in [0, 0.1) is 5.82 Å². The normalized spacial score (nSPS) is 12.4. The molecule has 0 aliphatic heterocycles. The second kappa shape index (κ2) is 6.95. The van der Waals surface area contributed by atoms with E-state index in [0.717, 1.165) is 35.5 Å². The number of halogens is 1. The van der Waals surface area contributed by atoms with E-state index in [1.165, 1.54) is 18.5 Å². The number of aryl methyl sites for hydroxylation is 1. The van der Waals surface area contributed by atoms with Crippen molar-refractivity contribution < 1.29 is 8.81 Å². The summed E-state index contributed by atoms with van der Waals surface area (Å²) < 4.78 is 20.2. The van der Waals surface area contributed by atoms with Gasteiger partial charge in [0, 0.05) is 12.5 Å². The molecule has 0 spiro atoms. The van der Waals surface area contributed by atoms with E-state index >= 15 is 0 Å². The minimum atomic E-state index is -0.285. The fraction of sp³-hybridized carbons (Fsp3) is 0.211. The number of nitrogens with one attached hydrogen (secondary N) is 1. The number of nitrogens with zero attached hydrogens (tertiary/aromatic N) is 4. The summed E-state index contributed by atoms with van der Waals surface area (Å²) in [6.45, 7) is 2.10. The summed E-state index contributed by atoms with van der Waals surface area (Å²) in [5.74, 6) is 1.42. The van der Waals surface area contributed by atoms with Crippen LogP contribution in [0.25, 0.3) is 16.7 Å². The van der Waals surface area contributed by atoms with Crippen molar-refractivity contribution in [2.24, 2.45) is 0 Å². The molecule has 0 unspecified atom stereocenters. The second-order valence-corrected chi connectivity index (χ2v) is 6.16. The minimum absolute atomic E-state index is 0.201. The summed E-state index contributed by atoms with van der Waals surface area (Å²) in [6, 6.07) is 10.2. The van der Waals surface area contributed by atoms with Crippen molar-refractivity contribution in [3.05, 3.63) is 66.8 Å². The minimum Gasteiger partial charge on any atom is -0.469 e. The van der Waals surface area contributed by atoms with Gasteiger partial charge in [0.15, 0.2) is 5.65 Å². The SMILES string of the molecule is C[C@H](CCc1ccco1)Nc1ncnc2c1cnn2-c1ccc(F)cc1. The van der Waals surface area contributed by atoms with Crippen LogP contribution < -0.4 is 5.32 Å². The van der Waals surface area contributed by atoms with Crippen molar-refractivity contribution in [1.29, 1.82) is 0 Å². The number of fused-ring (bicyclic) bond motifs is 1. The monoisotopic (exact) mass is 351 g/mol. The first kappa shape index (κ1) is 16.3. The first-order chi connectivity index (χ1) is 12.7. The van der Waals surface area contributed by atoms with Gasteiger partial charge >= 0.3 is 0 Å². The molecule has 7 heteroatoms. The van der Waals surface area contributed by atoms with Crippen LogP contribution in [0.5, 0.6) is 0 Å². The lowest BCUT2D eigenvalue weighted by molar-refractivity contribution is 0.495. The molecule has 1 aromatic carbocycles. The molecule has 4 aromatic rings. The Labute approximate surface area is 149 Å². The molecule has 1 N–H and O–H groups in total. The Hall–Kier alpha value is -3.22. The van der Waals surface area contributed by atoms with Crippen LogP contribution in [0.15, 0.2) is 59.6 Å². The predicted molar refractivity (Wildman–Crippen MR) is 96.7 cm³/mol. The molecule has 0 aliphatic carbocycles. The van der Waals surface area contributed by atoms with Gasteiger partial charge in [0.25, 0.3) is 0 Å². The van der Waals surface area contributed by atoms with Crippen LogP contribution in [0.2, 0.25) is 0 Å². The zero-order valence-corrected chi connectivity index (χ0v) is 14.3. The molecule has 0 aliphatic rings. The molecule has 132 valence electrons. The van der Waals surface area contributed by atoms with Gasteiger partial charge in [-0.25, -0.2) is 19.0 Å². The molecule has 0 radical (unpaired) electrons. The summed E-state index contributed by atoms with van der Waals surface area (Å²) in [5, 5.41) is 8.62. The third-order valence-corrected chi connectivity index (χ3v) is 4.22. The van der Waals surface area contributed by atoms with Crippen molar-refractivity contribution in [3.8, 4) is 5.69 Å². The highest BCUT2D eigenvalue weighted by molar-refractivity contribution is 5.87. The highest BCUT2D eigenvalue weighted by atomic mass is 19.1. The molecule has 3 heterocycles. The van der Waals surface area contributed by atoms with Crippen LogP contribution in [-0.4, -0.2) is 25.8 Å². The highest BCUT2D eigenvalue weighted by Gasteiger charge is 2.13. The quantitative estimate of drug-likeness (QED) is 0.569. The van der Waals surface area contributed by atoms with Gasteiger partial charge in [0.05, 0.1) is 23.5 Å². The standard InChI is InChI=1S/C19H18FN5O/c1-13(4-9-16-3-2-10-26-16)24-18-17-11-23-25(19(17)22-12-21-18)15-7-5-14(20)6-8-15/h2-3,5-8,10-13H,4,9H2,1H3,(H,21,22,24)/t13-/m1/s1. The number of furan rings is 1. The summed E-state index contributed by atoms with van der Waals surface area (Å²) in [7, 11) is 0. The summed E-state index contributed by atoms with van der Waals surface area (Å²) in [5.41, 5.74) is 1.42. The summed E-state index contributed by atoms with van der Waals surface area (Å²) >= 11 is 0. The number of rotatable bonds is 6. The molecule has 4 rings (SSSR count). The van der Waals surface area contributed by atoms with Crippen molar-refractivity contribution in [2.45, 2.75) is 25.8 Å². The Bertz CT molecular complexity index is 995. The molecular weight excluding hydrogens is 333 g/mol. The van der Waals surface area contributed by atoms with Crippen LogP contribution in [0.1, 0.15) is 19.1 Å². The van der Waals surface area contributed by atoms with Gasteiger partial charge < -0.3 is 9.73 Å². The van der Waals surface area contributed by atoms with Gasteiger partial charge in [-0.15, -0.1) is 0 Å². The number of anilines is 1. The van der Waals surface area contributed by atoms with Crippen LogP contribution >= 0.6 is 0 Å². The van der Waals surface area contributed by atoms with Crippen molar-refractivity contribution in [3.63, 3.8) is 0 Å². The Kier molecular flexibility index (Phi) is 4.35. The van der Waals surface area contributed by atoms with Gasteiger partial charge in [-0.1, -0.05) is 0 Å². The van der Waals surface area contributed by atoms with Gasteiger partial charge in [0.2, 0.25) is 0 Å². The molecule has 0 bridgehead atoms. The fourth-order valence-corrected chi connectivity index (χ4v) is 2.85. The lowest BCUT2D eigenvalue weighted by atomic mass is 10.1. The Morgan fingerprint density at radius 2 is 2.04 bits per heavy atom. The maximum Gasteiger partial charge on any atom is 0.168 e. The molecule has 1 atom stereocenters. The third-order valence-electron chi connectivity index (χ3n) is 4.22. The first-order valence-corrected chi connectivity index (χ1v) is 8.44. The fourth-order valence-electron chi connectivity index (χ4n) is 2.85. The number of hydrogen-bond donors (Lipinski definition) is 1. The Balaban J connectivity index is 1.55. The molecule has 3 aromatic heterocycles. The molecular formula is C19H18FN5O. The van der Waals surface area contributed by atoms with E-state index < -0.39 is 0 Å². The summed E-state index contributed by atoms with van der Waals surface area (Å²) in [6.07, 6.45) is 6.67. The Morgan fingerprint density at radius 1 is 1.19 bits per heavy atom. The Morgan fingerprint density at radius 3 is 2.81 bits per heavy atom. The van der Waals surface area contributed by atoms with E-state index in [4.69, 9.17) is 4.42 Å². The van der Waals surface area contributed by atoms with Gasteiger partial charge in [0.1, 0.15) is 23.7 Å². The van der Waals surface area contributed by atoms with E-state index in [9.17, 15) is 4.39 Å². The second-order valence-electron chi connectivity index (χ2n) is 6.16. The smallest absolute Gasteiger partial charge is 0.168 e. The van der Waals surface area contributed by atoms with Crippen molar-refractivity contribution >= 4 is 16.9 Å². The highest BCUT2D eigenvalue weighted by Crippen LogP contribution is 2.23. The van der Waals surface area contributed by atoms with Crippen LogP contribution in [-0.2, 0) is 6.42 Å². The van der Waals surface area contributed by atoms with E-state index in [1.54, 1.807) is 29.3 Å². The van der Waals surface area contributed by atoms with E-state index in [0.29, 0.717) is 5.65 Å². The van der Waals surface area contributed by atoms with Crippen LogP contribution in [0.3, 0.4) is 0 Å². The summed E-state index contributed by atoms with van der Waals surface area (Å²) in [4.78, 5) is 8.69. The topological polar surface area (TPSA) is 68.8 Å². The van der Waals surface area contributed by atoms with Crippen LogP contribution in [0.4, 0.5) is 10.2 Å². The zero-order valence-electron chi connectivity index (χ0n) is 14.3. The first-order valence-electron chi connectivity index (χ1n) is 8.44.